The Balaban J connectivity index is 1.41. The van der Waals surface area contributed by atoms with Crippen molar-refractivity contribution in [2.75, 3.05) is 5.32 Å². The fourth-order valence-corrected chi connectivity index (χ4v) is 4.75. The molecular formula is C26H25BrN6OS. The number of hydrogen-bond donors (Lipinski definition) is 2. The first-order valence-corrected chi connectivity index (χ1v) is 12.7. The fourth-order valence-electron chi connectivity index (χ4n) is 3.46. The van der Waals surface area contributed by atoms with E-state index in [2.05, 4.69) is 66.7 Å². The van der Waals surface area contributed by atoms with Crippen molar-refractivity contribution in [3.05, 3.63) is 95.2 Å². The van der Waals surface area contributed by atoms with Gasteiger partial charge in [-0.1, -0.05) is 82.3 Å². The van der Waals surface area contributed by atoms with E-state index in [4.69, 9.17) is 0 Å². The molecule has 0 saturated heterocycles. The van der Waals surface area contributed by atoms with Crippen LogP contribution in [-0.2, 0) is 17.9 Å². The molecule has 0 radical (unpaired) electrons. The molecule has 35 heavy (non-hydrogen) atoms. The number of thioether (sulfide) groups is 1. The molecule has 1 amide bonds. The van der Waals surface area contributed by atoms with Gasteiger partial charge in [0.1, 0.15) is 0 Å². The summed E-state index contributed by atoms with van der Waals surface area (Å²) >= 11 is 4.75. The first-order chi connectivity index (χ1) is 17.0. The lowest BCUT2D eigenvalue weighted by atomic mass is 10.1. The lowest BCUT2D eigenvalue weighted by Gasteiger charge is -2.13. The summed E-state index contributed by atoms with van der Waals surface area (Å²) in [4.78, 5) is 12.6. The summed E-state index contributed by atoms with van der Waals surface area (Å²) in [5.74, 6) is 0.547. The van der Waals surface area contributed by atoms with Crippen LogP contribution in [0.4, 0.5) is 5.69 Å². The minimum atomic E-state index is -0.415. The van der Waals surface area contributed by atoms with Gasteiger partial charge in [0.15, 0.2) is 11.0 Å². The molecule has 0 aliphatic rings. The number of benzene rings is 3. The average molecular weight is 549 g/mol. The largest absolute Gasteiger partial charge is 0.377 e. The van der Waals surface area contributed by atoms with Crippen LogP contribution in [0.1, 0.15) is 18.3 Å². The first kappa shape index (κ1) is 24.7. The Bertz CT molecular complexity index is 1360. The molecule has 0 aliphatic heterocycles. The van der Waals surface area contributed by atoms with Gasteiger partial charge in [0.05, 0.1) is 18.0 Å². The van der Waals surface area contributed by atoms with E-state index in [9.17, 15) is 4.79 Å². The molecule has 3 aromatic carbocycles. The average Bonchev–Trinajstić information content (AvgIpc) is 3.23. The maximum absolute atomic E-state index is 12.6. The molecular weight excluding hydrogens is 524 g/mol. The topological polar surface area (TPSA) is 84.2 Å². The number of anilines is 1. The molecule has 0 aliphatic carbocycles. The van der Waals surface area contributed by atoms with Crippen molar-refractivity contribution < 1.29 is 4.79 Å². The molecule has 1 aromatic heterocycles. The number of amides is 1. The zero-order chi connectivity index (χ0) is 24.6. The van der Waals surface area contributed by atoms with Crippen molar-refractivity contribution in [3.8, 4) is 0 Å². The van der Waals surface area contributed by atoms with Crippen LogP contribution in [0.2, 0.25) is 0 Å². The molecule has 0 fully saturated rings. The Hall–Kier alpha value is -3.43. The number of carbonyl (C=O) groups excluding carboxylic acids is 1. The minimum Gasteiger partial charge on any atom is -0.377 e. The van der Waals surface area contributed by atoms with Crippen LogP contribution in [0.15, 0.2) is 94.1 Å². The van der Waals surface area contributed by atoms with Crippen LogP contribution in [-0.4, -0.2) is 32.1 Å². The van der Waals surface area contributed by atoms with Crippen LogP contribution < -0.4 is 10.7 Å². The summed E-state index contributed by atoms with van der Waals surface area (Å²) in [6, 6.07) is 22.1. The zero-order valence-electron chi connectivity index (χ0n) is 19.2. The zero-order valence-corrected chi connectivity index (χ0v) is 21.6. The fraction of sp³-hybridized carbons (Fsp3) is 0.154. The first-order valence-electron chi connectivity index (χ1n) is 11.0. The smallest absolute Gasteiger partial charge is 0.253 e. The van der Waals surface area contributed by atoms with Gasteiger partial charge in [-0.3, -0.25) is 4.79 Å². The summed E-state index contributed by atoms with van der Waals surface area (Å²) in [7, 11) is 0. The highest BCUT2D eigenvalue weighted by Gasteiger charge is 2.19. The van der Waals surface area contributed by atoms with E-state index >= 15 is 0 Å². The number of hydrogen-bond acceptors (Lipinski definition) is 6. The van der Waals surface area contributed by atoms with E-state index in [0.717, 1.165) is 26.9 Å². The van der Waals surface area contributed by atoms with Crippen LogP contribution in [0.3, 0.4) is 0 Å². The number of hydrazone groups is 1. The van der Waals surface area contributed by atoms with Gasteiger partial charge in [0.2, 0.25) is 0 Å². The molecule has 0 saturated carbocycles. The lowest BCUT2D eigenvalue weighted by molar-refractivity contribution is -0.120. The van der Waals surface area contributed by atoms with Gasteiger partial charge in [-0.15, -0.1) is 16.8 Å². The molecule has 178 valence electrons. The Labute approximate surface area is 216 Å². The Kier molecular flexibility index (Phi) is 8.33. The molecule has 0 unspecified atom stereocenters. The third-order valence-corrected chi connectivity index (χ3v) is 6.79. The Morgan fingerprint density at radius 2 is 1.97 bits per heavy atom. The number of carbonyl (C=O) groups is 1. The number of nitrogens with one attached hydrogen (secondary N) is 2. The van der Waals surface area contributed by atoms with Crippen LogP contribution in [0, 0.1) is 0 Å². The second kappa shape index (κ2) is 11.8. The molecule has 7 nitrogen and oxygen atoms in total. The number of aromatic nitrogens is 3. The van der Waals surface area contributed by atoms with Crippen LogP contribution in [0.5, 0.6) is 0 Å². The van der Waals surface area contributed by atoms with Crippen LogP contribution in [0.25, 0.3) is 10.8 Å². The maximum atomic E-state index is 12.6. The van der Waals surface area contributed by atoms with E-state index in [0.29, 0.717) is 18.2 Å². The Morgan fingerprint density at radius 3 is 2.80 bits per heavy atom. The van der Waals surface area contributed by atoms with Crippen molar-refractivity contribution in [3.63, 3.8) is 0 Å². The van der Waals surface area contributed by atoms with Gasteiger partial charge in [-0.2, -0.15) is 5.10 Å². The second-order valence-corrected chi connectivity index (χ2v) is 9.95. The number of fused-ring (bicyclic) bond motifs is 1. The lowest BCUT2D eigenvalue weighted by Crippen LogP contribution is -2.27. The number of halogens is 1. The standard InChI is InChI=1S/C26H25BrN6OS/c1-3-14-33-24(17-28-23-13-7-10-20-9-4-5-12-22(20)23)30-32-26(33)35-18(2)25(34)31-29-16-19-8-6-11-21(27)15-19/h3-13,15-16,18,28H,1,14,17H2,2H3,(H,31,34)/b29-16-/t18-/m1/s1. The number of rotatable bonds is 10. The SMILES string of the molecule is C=CCn1c(CNc2cccc3ccccc23)nnc1S[C@H](C)C(=O)N/N=C\c1cccc(Br)c1. The predicted molar refractivity (Wildman–Crippen MR) is 147 cm³/mol. The molecule has 1 heterocycles. The van der Waals surface area contributed by atoms with Crippen molar-refractivity contribution in [1.82, 2.24) is 20.2 Å². The van der Waals surface area contributed by atoms with Gasteiger partial charge in [0, 0.05) is 22.1 Å². The molecule has 0 bridgehead atoms. The molecule has 0 spiro atoms. The van der Waals surface area contributed by atoms with Gasteiger partial charge in [-0.05, 0) is 36.1 Å². The Morgan fingerprint density at radius 1 is 1.17 bits per heavy atom. The summed E-state index contributed by atoms with van der Waals surface area (Å²) in [5, 5.41) is 18.8. The molecule has 4 rings (SSSR count). The summed E-state index contributed by atoms with van der Waals surface area (Å²) < 4.78 is 2.91. The summed E-state index contributed by atoms with van der Waals surface area (Å²) in [6.07, 6.45) is 3.40. The molecule has 2 N–H and O–H groups in total. The van der Waals surface area contributed by atoms with Crippen LogP contribution >= 0.6 is 27.7 Å². The maximum Gasteiger partial charge on any atom is 0.253 e. The van der Waals surface area contributed by atoms with E-state index in [1.54, 1.807) is 12.3 Å². The van der Waals surface area contributed by atoms with Crippen molar-refractivity contribution in [2.24, 2.45) is 5.10 Å². The van der Waals surface area contributed by atoms with Gasteiger partial charge >= 0.3 is 0 Å². The van der Waals surface area contributed by atoms with Gasteiger partial charge in [0.25, 0.3) is 5.91 Å². The second-order valence-electron chi connectivity index (χ2n) is 7.73. The highest BCUT2D eigenvalue weighted by atomic mass is 79.9. The molecule has 1 atom stereocenters. The number of nitrogens with zero attached hydrogens (tertiary/aromatic N) is 4. The third kappa shape index (κ3) is 6.37. The van der Waals surface area contributed by atoms with Crippen molar-refractivity contribution in [1.29, 1.82) is 0 Å². The third-order valence-electron chi connectivity index (χ3n) is 5.22. The monoisotopic (exact) mass is 548 g/mol. The van der Waals surface area contributed by atoms with Crippen molar-refractivity contribution >= 4 is 56.3 Å². The van der Waals surface area contributed by atoms with E-state index in [1.807, 2.05) is 60.0 Å². The normalized spacial score (nSPS) is 12.1. The van der Waals surface area contributed by atoms with E-state index in [1.165, 1.54) is 17.1 Å². The molecule has 9 heteroatoms. The van der Waals surface area contributed by atoms with Gasteiger partial charge in [-0.25, -0.2) is 5.43 Å². The van der Waals surface area contributed by atoms with E-state index < -0.39 is 5.25 Å². The van der Waals surface area contributed by atoms with Crippen molar-refractivity contribution in [2.45, 2.75) is 30.4 Å². The summed E-state index contributed by atoms with van der Waals surface area (Å²) in [5.41, 5.74) is 4.51. The minimum absolute atomic E-state index is 0.218. The molecule has 4 aromatic rings. The quantitative estimate of drug-likeness (QED) is 0.116. The highest BCUT2D eigenvalue weighted by molar-refractivity contribution is 9.10. The van der Waals surface area contributed by atoms with E-state index in [-0.39, 0.29) is 5.91 Å². The highest BCUT2D eigenvalue weighted by Crippen LogP contribution is 2.25. The summed E-state index contributed by atoms with van der Waals surface area (Å²) in [6.45, 7) is 6.71. The predicted octanol–water partition coefficient (Wildman–Crippen LogP) is 5.62. The van der Waals surface area contributed by atoms with Gasteiger partial charge < -0.3 is 9.88 Å². The number of allylic oxidation sites excluding steroid dienone is 1.